The Morgan fingerprint density at radius 1 is 1.44 bits per heavy atom. The van der Waals surface area contributed by atoms with Gasteiger partial charge in [0.25, 0.3) is 0 Å². The Kier molecular flexibility index (Phi) is 4.36. The van der Waals surface area contributed by atoms with E-state index >= 15 is 0 Å². The molecule has 0 spiro atoms. The normalized spacial score (nSPS) is 25.6. The van der Waals surface area contributed by atoms with Crippen molar-refractivity contribution in [1.29, 1.82) is 0 Å². The molecular weight excluding hydrogens is 227 g/mol. The first-order valence-electron chi connectivity index (χ1n) is 6.78. The third-order valence-electron chi connectivity index (χ3n) is 3.81. The zero-order valence-corrected chi connectivity index (χ0v) is 11.5. The SMILES string of the molecule is CC(C)C1CN(Cc2cccc(F)c2)C(C)CN1. The van der Waals surface area contributed by atoms with Crippen LogP contribution in [0.2, 0.25) is 0 Å². The molecule has 1 aromatic carbocycles. The van der Waals surface area contributed by atoms with Gasteiger partial charge in [0.1, 0.15) is 5.82 Å². The number of hydrogen-bond donors (Lipinski definition) is 1. The molecule has 0 saturated carbocycles. The molecule has 1 heterocycles. The van der Waals surface area contributed by atoms with Crippen LogP contribution >= 0.6 is 0 Å². The number of hydrogen-bond acceptors (Lipinski definition) is 2. The Balaban J connectivity index is 2.02. The second-order valence-corrected chi connectivity index (χ2v) is 5.67. The smallest absolute Gasteiger partial charge is 0.123 e. The van der Waals surface area contributed by atoms with Gasteiger partial charge < -0.3 is 5.32 Å². The zero-order valence-electron chi connectivity index (χ0n) is 11.5. The van der Waals surface area contributed by atoms with Crippen LogP contribution in [0.15, 0.2) is 24.3 Å². The topological polar surface area (TPSA) is 15.3 Å². The molecule has 1 aliphatic rings. The molecule has 3 heteroatoms. The molecule has 2 atom stereocenters. The van der Waals surface area contributed by atoms with Crippen LogP contribution in [0, 0.1) is 11.7 Å². The van der Waals surface area contributed by atoms with Crippen molar-refractivity contribution in [3.63, 3.8) is 0 Å². The highest BCUT2D eigenvalue weighted by atomic mass is 19.1. The van der Waals surface area contributed by atoms with E-state index in [1.54, 1.807) is 12.1 Å². The van der Waals surface area contributed by atoms with E-state index < -0.39 is 0 Å². The summed E-state index contributed by atoms with van der Waals surface area (Å²) in [5.41, 5.74) is 1.06. The molecule has 0 bridgehead atoms. The quantitative estimate of drug-likeness (QED) is 0.887. The molecular formula is C15H23FN2. The van der Waals surface area contributed by atoms with Gasteiger partial charge in [-0.2, -0.15) is 0 Å². The zero-order chi connectivity index (χ0) is 13.1. The first-order valence-corrected chi connectivity index (χ1v) is 6.78. The van der Waals surface area contributed by atoms with Gasteiger partial charge in [-0.1, -0.05) is 26.0 Å². The van der Waals surface area contributed by atoms with Gasteiger partial charge in [-0.25, -0.2) is 4.39 Å². The van der Waals surface area contributed by atoms with Gasteiger partial charge in [0, 0.05) is 31.7 Å². The summed E-state index contributed by atoms with van der Waals surface area (Å²) in [5.74, 6) is 0.489. The van der Waals surface area contributed by atoms with Gasteiger partial charge in [-0.3, -0.25) is 4.90 Å². The Labute approximate surface area is 109 Å². The monoisotopic (exact) mass is 250 g/mol. The van der Waals surface area contributed by atoms with Crippen molar-refractivity contribution in [2.75, 3.05) is 13.1 Å². The number of nitrogens with zero attached hydrogens (tertiary/aromatic N) is 1. The third-order valence-corrected chi connectivity index (χ3v) is 3.81. The van der Waals surface area contributed by atoms with E-state index in [2.05, 4.69) is 31.0 Å². The fourth-order valence-electron chi connectivity index (χ4n) is 2.48. The lowest BCUT2D eigenvalue weighted by molar-refractivity contribution is 0.116. The standard InChI is InChI=1S/C15H23FN2/c1-11(2)15-10-18(12(3)8-17-15)9-13-5-4-6-14(16)7-13/h4-7,11-12,15,17H,8-10H2,1-3H3. The number of benzene rings is 1. The van der Waals surface area contributed by atoms with Crippen LogP contribution in [0.25, 0.3) is 0 Å². The molecule has 2 nitrogen and oxygen atoms in total. The fourth-order valence-corrected chi connectivity index (χ4v) is 2.48. The largest absolute Gasteiger partial charge is 0.311 e. The van der Waals surface area contributed by atoms with E-state index in [0.717, 1.165) is 25.2 Å². The minimum absolute atomic E-state index is 0.143. The summed E-state index contributed by atoms with van der Waals surface area (Å²) in [6.45, 7) is 9.60. The fraction of sp³-hybridized carbons (Fsp3) is 0.600. The summed E-state index contributed by atoms with van der Waals surface area (Å²) in [7, 11) is 0. The van der Waals surface area contributed by atoms with E-state index in [0.29, 0.717) is 18.0 Å². The summed E-state index contributed by atoms with van der Waals surface area (Å²) in [6, 6.07) is 7.97. The lowest BCUT2D eigenvalue weighted by Gasteiger charge is -2.40. The molecule has 1 aromatic rings. The van der Waals surface area contributed by atoms with E-state index in [1.165, 1.54) is 6.07 Å². The third kappa shape index (κ3) is 3.30. The van der Waals surface area contributed by atoms with Crippen LogP contribution in [0.3, 0.4) is 0 Å². The summed E-state index contributed by atoms with van der Waals surface area (Å²) in [6.07, 6.45) is 0. The van der Waals surface area contributed by atoms with Gasteiger partial charge in [0.2, 0.25) is 0 Å². The average molecular weight is 250 g/mol. The number of rotatable bonds is 3. The lowest BCUT2D eigenvalue weighted by Crippen LogP contribution is -2.56. The highest BCUT2D eigenvalue weighted by molar-refractivity contribution is 5.16. The molecule has 2 rings (SSSR count). The van der Waals surface area contributed by atoms with E-state index in [-0.39, 0.29) is 5.82 Å². The molecule has 1 N–H and O–H groups in total. The van der Waals surface area contributed by atoms with Gasteiger partial charge >= 0.3 is 0 Å². The van der Waals surface area contributed by atoms with Gasteiger partial charge in [-0.05, 0) is 30.5 Å². The average Bonchev–Trinajstić information content (AvgIpc) is 2.31. The van der Waals surface area contributed by atoms with Gasteiger partial charge in [0.15, 0.2) is 0 Å². The maximum absolute atomic E-state index is 13.2. The van der Waals surface area contributed by atoms with Gasteiger partial charge in [0.05, 0.1) is 0 Å². The van der Waals surface area contributed by atoms with Gasteiger partial charge in [-0.15, -0.1) is 0 Å². The minimum Gasteiger partial charge on any atom is -0.311 e. The second-order valence-electron chi connectivity index (χ2n) is 5.67. The number of halogens is 1. The summed E-state index contributed by atoms with van der Waals surface area (Å²) < 4.78 is 13.2. The van der Waals surface area contributed by atoms with Crippen molar-refractivity contribution >= 4 is 0 Å². The minimum atomic E-state index is -0.143. The molecule has 2 unspecified atom stereocenters. The maximum Gasteiger partial charge on any atom is 0.123 e. The van der Waals surface area contributed by atoms with Crippen molar-refractivity contribution in [3.8, 4) is 0 Å². The molecule has 1 saturated heterocycles. The highest BCUT2D eigenvalue weighted by Crippen LogP contribution is 2.16. The van der Waals surface area contributed by atoms with Crippen LogP contribution in [0.5, 0.6) is 0 Å². The van der Waals surface area contributed by atoms with Crippen LogP contribution < -0.4 is 5.32 Å². The van der Waals surface area contributed by atoms with Crippen LogP contribution in [0.1, 0.15) is 26.3 Å². The number of nitrogens with one attached hydrogen (secondary N) is 1. The van der Waals surface area contributed by atoms with E-state index in [9.17, 15) is 4.39 Å². The molecule has 18 heavy (non-hydrogen) atoms. The molecule has 0 radical (unpaired) electrons. The summed E-state index contributed by atoms with van der Waals surface area (Å²) >= 11 is 0. The maximum atomic E-state index is 13.2. The van der Waals surface area contributed by atoms with Crippen molar-refractivity contribution in [2.45, 2.75) is 39.4 Å². The van der Waals surface area contributed by atoms with Crippen molar-refractivity contribution in [2.24, 2.45) is 5.92 Å². The molecule has 0 aromatic heterocycles. The van der Waals surface area contributed by atoms with E-state index in [4.69, 9.17) is 0 Å². The lowest BCUT2D eigenvalue weighted by atomic mass is 9.99. The molecule has 0 aliphatic carbocycles. The first kappa shape index (κ1) is 13.5. The van der Waals surface area contributed by atoms with Crippen molar-refractivity contribution in [3.05, 3.63) is 35.6 Å². The second kappa shape index (κ2) is 5.81. The Morgan fingerprint density at radius 3 is 2.89 bits per heavy atom. The first-order chi connectivity index (χ1) is 8.56. The Bertz CT molecular complexity index is 392. The molecule has 100 valence electrons. The predicted molar refractivity (Wildman–Crippen MR) is 72.9 cm³/mol. The highest BCUT2D eigenvalue weighted by Gasteiger charge is 2.26. The Hall–Kier alpha value is -0.930. The summed E-state index contributed by atoms with van der Waals surface area (Å²) in [4.78, 5) is 2.44. The van der Waals surface area contributed by atoms with Crippen LogP contribution in [0.4, 0.5) is 4.39 Å². The molecule has 1 fully saturated rings. The van der Waals surface area contributed by atoms with Crippen LogP contribution in [-0.2, 0) is 6.54 Å². The predicted octanol–water partition coefficient (Wildman–Crippen LogP) is 2.64. The molecule has 1 aliphatic heterocycles. The van der Waals surface area contributed by atoms with Crippen LogP contribution in [-0.4, -0.2) is 30.1 Å². The van der Waals surface area contributed by atoms with E-state index in [1.807, 2.05) is 6.07 Å². The summed E-state index contributed by atoms with van der Waals surface area (Å²) in [5, 5.41) is 3.58. The Morgan fingerprint density at radius 2 is 2.22 bits per heavy atom. The molecule has 0 amide bonds. The van der Waals surface area contributed by atoms with Crippen molar-refractivity contribution < 1.29 is 4.39 Å². The number of piperazine rings is 1. The van der Waals surface area contributed by atoms with Crippen molar-refractivity contribution in [1.82, 2.24) is 10.2 Å².